The van der Waals surface area contributed by atoms with Gasteiger partial charge in [-0.25, -0.2) is 0 Å². The Morgan fingerprint density at radius 2 is 2.05 bits per heavy atom. The number of likely N-dealkylation sites (tertiary alicyclic amines) is 1. The van der Waals surface area contributed by atoms with E-state index in [1.54, 1.807) is 0 Å². The molecule has 0 saturated carbocycles. The number of rotatable bonds is 1. The molecule has 0 atom stereocenters. The molecule has 1 spiro atoms. The highest BCUT2D eigenvalue weighted by Crippen LogP contribution is 2.40. The quantitative estimate of drug-likeness (QED) is 0.850. The number of piperidine rings is 1. The molecule has 0 bridgehead atoms. The lowest BCUT2D eigenvalue weighted by Gasteiger charge is -2.44. The van der Waals surface area contributed by atoms with Crippen LogP contribution in [0.15, 0.2) is 24.3 Å². The van der Waals surface area contributed by atoms with Gasteiger partial charge in [-0.3, -0.25) is 4.79 Å². The van der Waals surface area contributed by atoms with Gasteiger partial charge < -0.3 is 15.2 Å². The monoisotopic (exact) mass is 297 g/mol. The van der Waals surface area contributed by atoms with E-state index in [1.807, 2.05) is 11.8 Å². The SMILES string of the molecule is CCC(=O)N1CCC2(CC1)NCCc1c2[nH]c2ccccc12. The molecule has 1 fully saturated rings. The average molecular weight is 297 g/mol. The van der Waals surface area contributed by atoms with Gasteiger partial charge in [0.05, 0.1) is 5.54 Å². The summed E-state index contributed by atoms with van der Waals surface area (Å²) in [6.07, 6.45) is 3.69. The van der Waals surface area contributed by atoms with E-state index in [4.69, 9.17) is 0 Å². The Morgan fingerprint density at radius 3 is 2.82 bits per heavy atom. The van der Waals surface area contributed by atoms with E-state index in [-0.39, 0.29) is 11.4 Å². The molecule has 4 rings (SSSR count). The van der Waals surface area contributed by atoms with Gasteiger partial charge in [-0.1, -0.05) is 25.1 Å². The highest BCUT2D eigenvalue weighted by molar-refractivity contribution is 5.85. The third-order valence-corrected chi connectivity index (χ3v) is 5.40. The van der Waals surface area contributed by atoms with E-state index in [0.29, 0.717) is 6.42 Å². The molecule has 1 aromatic heterocycles. The lowest BCUT2D eigenvalue weighted by Crippen LogP contribution is -2.55. The minimum atomic E-state index is 0.0249. The van der Waals surface area contributed by atoms with Gasteiger partial charge in [0.1, 0.15) is 0 Å². The molecule has 0 unspecified atom stereocenters. The maximum absolute atomic E-state index is 11.9. The number of nitrogens with one attached hydrogen (secondary N) is 2. The van der Waals surface area contributed by atoms with Crippen molar-refractivity contribution in [2.45, 2.75) is 38.1 Å². The van der Waals surface area contributed by atoms with Crippen LogP contribution in [0.25, 0.3) is 10.9 Å². The van der Waals surface area contributed by atoms with Crippen LogP contribution in [0.1, 0.15) is 37.4 Å². The van der Waals surface area contributed by atoms with Gasteiger partial charge in [0, 0.05) is 42.7 Å². The number of amides is 1. The Bertz CT molecular complexity index is 710. The number of carbonyl (C=O) groups is 1. The Balaban J connectivity index is 1.70. The van der Waals surface area contributed by atoms with E-state index >= 15 is 0 Å². The van der Waals surface area contributed by atoms with Gasteiger partial charge in [0.25, 0.3) is 0 Å². The summed E-state index contributed by atoms with van der Waals surface area (Å²) in [5.41, 5.74) is 4.10. The molecule has 3 heterocycles. The predicted molar refractivity (Wildman–Crippen MR) is 87.8 cm³/mol. The molecule has 22 heavy (non-hydrogen) atoms. The maximum Gasteiger partial charge on any atom is 0.222 e. The van der Waals surface area contributed by atoms with Crippen LogP contribution in [-0.4, -0.2) is 35.4 Å². The van der Waals surface area contributed by atoms with Crippen molar-refractivity contribution < 1.29 is 4.79 Å². The molecule has 2 aromatic rings. The normalized spacial score (nSPS) is 20.3. The lowest BCUT2D eigenvalue weighted by atomic mass is 9.79. The number of benzene rings is 1. The van der Waals surface area contributed by atoms with Gasteiger partial charge in [0.2, 0.25) is 5.91 Å². The molecule has 2 N–H and O–H groups in total. The molecular weight excluding hydrogens is 274 g/mol. The molecule has 2 aliphatic heterocycles. The van der Waals surface area contributed by atoms with Gasteiger partial charge >= 0.3 is 0 Å². The van der Waals surface area contributed by atoms with E-state index in [9.17, 15) is 4.79 Å². The Kier molecular flexibility index (Phi) is 3.22. The Morgan fingerprint density at radius 1 is 1.27 bits per heavy atom. The minimum Gasteiger partial charge on any atom is -0.357 e. The number of hydrogen-bond donors (Lipinski definition) is 2. The van der Waals surface area contributed by atoms with Crippen molar-refractivity contribution in [3.63, 3.8) is 0 Å². The third kappa shape index (κ3) is 1.97. The maximum atomic E-state index is 11.9. The van der Waals surface area contributed by atoms with E-state index in [0.717, 1.165) is 38.9 Å². The molecule has 1 saturated heterocycles. The number of hydrogen-bond acceptors (Lipinski definition) is 2. The van der Waals surface area contributed by atoms with Gasteiger partial charge in [-0.2, -0.15) is 0 Å². The average Bonchev–Trinajstić information content (AvgIpc) is 2.96. The number of para-hydroxylation sites is 1. The van der Waals surface area contributed by atoms with E-state index in [1.165, 1.54) is 22.2 Å². The van der Waals surface area contributed by atoms with Crippen LogP contribution in [-0.2, 0) is 16.8 Å². The van der Waals surface area contributed by atoms with Gasteiger partial charge in [-0.05, 0) is 30.9 Å². The highest BCUT2D eigenvalue weighted by atomic mass is 16.2. The van der Waals surface area contributed by atoms with E-state index in [2.05, 4.69) is 34.6 Å². The summed E-state index contributed by atoms with van der Waals surface area (Å²) in [5.74, 6) is 0.280. The van der Waals surface area contributed by atoms with Crippen LogP contribution in [0.3, 0.4) is 0 Å². The number of aromatic nitrogens is 1. The fourth-order valence-electron chi connectivity index (χ4n) is 4.17. The molecule has 2 aliphatic rings. The number of aromatic amines is 1. The first-order chi connectivity index (χ1) is 10.7. The summed E-state index contributed by atoms with van der Waals surface area (Å²) < 4.78 is 0. The van der Waals surface area contributed by atoms with Crippen molar-refractivity contribution in [2.75, 3.05) is 19.6 Å². The van der Waals surface area contributed by atoms with Crippen molar-refractivity contribution in [1.29, 1.82) is 0 Å². The summed E-state index contributed by atoms with van der Waals surface area (Å²) in [7, 11) is 0. The number of H-pyrrole nitrogens is 1. The Hall–Kier alpha value is -1.81. The zero-order chi connectivity index (χ0) is 15.2. The fourth-order valence-corrected chi connectivity index (χ4v) is 4.17. The highest BCUT2D eigenvalue weighted by Gasteiger charge is 2.41. The van der Waals surface area contributed by atoms with Crippen molar-refractivity contribution in [2.24, 2.45) is 0 Å². The Labute approximate surface area is 130 Å². The van der Waals surface area contributed by atoms with Crippen LogP contribution in [0, 0.1) is 0 Å². The zero-order valence-corrected chi connectivity index (χ0v) is 13.1. The molecular formula is C18H23N3O. The zero-order valence-electron chi connectivity index (χ0n) is 13.1. The number of fused-ring (bicyclic) bond motifs is 4. The third-order valence-electron chi connectivity index (χ3n) is 5.40. The number of carbonyl (C=O) groups excluding carboxylic acids is 1. The molecule has 116 valence electrons. The van der Waals surface area contributed by atoms with Crippen molar-refractivity contribution >= 4 is 16.8 Å². The van der Waals surface area contributed by atoms with Crippen LogP contribution in [0.4, 0.5) is 0 Å². The molecule has 0 aliphatic carbocycles. The van der Waals surface area contributed by atoms with Crippen LogP contribution >= 0.6 is 0 Å². The smallest absolute Gasteiger partial charge is 0.222 e. The summed E-state index contributed by atoms with van der Waals surface area (Å²) in [6.45, 7) is 4.68. The molecule has 0 radical (unpaired) electrons. The summed E-state index contributed by atoms with van der Waals surface area (Å²) in [4.78, 5) is 17.6. The van der Waals surface area contributed by atoms with Gasteiger partial charge in [-0.15, -0.1) is 0 Å². The standard InChI is InChI=1S/C18H23N3O/c1-2-16(22)21-11-8-18(9-12-21)17-14(7-10-19-18)13-5-3-4-6-15(13)20-17/h3-6,19-20H,2,7-12H2,1H3. The minimum absolute atomic E-state index is 0.0249. The molecule has 1 amide bonds. The first-order valence-corrected chi connectivity index (χ1v) is 8.36. The number of nitrogens with zero attached hydrogens (tertiary/aromatic N) is 1. The lowest BCUT2D eigenvalue weighted by molar-refractivity contribution is -0.132. The molecule has 4 nitrogen and oxygen atoms in total. The fraction of sp³-hybridized carbons (Fsp3) is 0.500. The van der Waals surface area contributed by atoms with Crippen molar-refractivity contribution in [3.8, 4) is 0 Å². The summed E-state index contributed by atoms with van der Waals surface area (Å²) >= 11 is 0. The van der Waals surface area contributed by atoms with Crippen LogP contribution in [0.2, 0.25) is 0 Å². The first-order valence-electron chi connectivity index (χ1n) is 8.36. The second-order valence-corrected chi connectivity index (χ2v) is 6.52. The van der Waals surface area contributed by atoms with Crippen molar-refractivity contribution in [1.82, 2.24) is 15.2 Å². The topological polar surface area (TPSA) is 48.1 Å². The second kappa shape index (κ2) is 5.13. The molecule has 4 heteroatoms. The second-order valence-electron chi connectivity index (χ2n) is 6.52. The van der Waals surface area contributed by atoms with E-state index < -0.39 is 0 Å². The summed E-state index contributed by atoms with van der Waals surface area (Å²) in [6, 6.07) is 8.59. The van der Waals surface area contributed by atoms with Gasteiger partial charge in [0.15, 0.2) is 0 Å². The van der Waals surface area contributed by atoms with Crippen LogP contribution in [0.5, 0.6) is 0 Å². The largest absolute Gasteiger partial charge is 0.357 e. The molecule has 1 aromatic carbocycles. The first kappa shape index (κ1) is 13.8. The summed E-state index contributed by atoms with van der Waals surface area (Å²) in [5, 5.41) is 5.13. The predicted octanol–water partition coefficient (Wildman–Crippen LogP) is 2.54. The van der Waals surface area contributed by atoms with Crippen LogP contribution < -0.4 is 5.32 Å². The van der Waals surface area contributed by atoms with Crippen molar-refractivity contribution in [3.05, 3.63) is 35.5 Å².